The lowest BCUT2D eigenvalue weighted by molar-refractivity contribution is 0.462. The number of aryl methyl sites for hydroxylation is 1. The second-order valence-corrected chi connectivity index (χ2v) is 4.16. The van der Waals surface area contributed by atoms with Gasteiger partial charge in [0.15, 0.2) is 5.82 Å². The number of fused-ring (bicyclic) bond motifs is 1. The average Bonchev–Trinajstić information content (AvgIpc) is 2.26. The number of nitrogens with zero attached hydrogens (tertiary/aromatic N) is 3. The van der Waals surface area contributed by atoms with Crippen LogP contribution < -0.4 is 5.56 Å². The molecule has 0 spiro atoms. The third-order valence-electron chi connectivity index (χ3n) is 3.23. The highest BCUT2D eigenvalue weighted by molar-refractivity contribution is 5.69. The fourth-order valence-electron chi connectivity index (χ4n) is 2.08. The SMILES string of the molecule is Cn1c(-c2ccc3c(c2O)CC3)nncc1=O. The Bertz CT molecular complexity index is 661. The molecule has 0 amide bonds. The molecule has 0 fully saturated rings. The topological polar surface area (TPSA) is 68.0 Å². The fraction of sp³-hybridized carbons (Fsp3) is 0.250. The standard InChI is InChI=1S/C12H11N3O2/c1-15-10(16)6-13-14-12(15)9-5-3-7-2-4-8(7)11(9)17/h3,5-6,17H,2,4H2,1H3. The second-order valence-electron chi connectivity index (χ2n) is 4.16. The van der Waals surface area contributed by atoms with Gasteiger partial charge < -0.3 is 5.11 Å². The van der Waals surface area contributed by atoms with Gasteiger partial charge in [0.2, 0.25) is 0 Å². The molecule has 0 aliphatic heterocycles. The lowest BCUT2D eigenvalue weighted by atomic mass is 9.86. The number of phenols is 1. The van der Waals surface area contributed by atoms with E-state index in [9.17, 15) is 9.90 Å². The molecule has 1 aromatic carbocycles. The number of phenolic OH excluding ortho intramolecular Hbond substituents is 1. The molecule has 0 radical (unpaired) electrons. The van der Waals surface area contributed by atoms with E-state index in [0.29, 0.717) is 11.4 Å². The molecular formula is C12H11N3O2. The van der Waals surface area contributed by atoms with Crippen molar-refractivity contribution in [3.63, 3.8) is 0 Å². The molecule has 17 heavy (non-hydrogen) atoms. The first-order valence-corrected chi connectivity index (χ1v) is 5.41. The van der Waals surface area contributed by atoms with E-state index in [1.165, 1.54) is 10.1 Å². The largest absolute Gasteiger partial charge is 0.507 e. The quantitative estimate of drug-likeness (QED) is 0.779. The fourth-order valence-corrected chi connectivity index (χ4v) is 2.08. The molecule has 0 saturated heterocycles. The van der Waals surface area contributed by atoms with E-state index < -0.39 is 0 Å². The first-order chi connectivity index (χ1) is 8.18. The Morgan fingerprint density at radius 1 is 1.35 bits per heavy atom. The van der Waals surface area contributed by atoms with Gasteiger partial charge in [-0.15, -0.1) is 5.10 Å². The number of hydrogen-bond acceptors (Lipinski definition) is 4. The van der Waals surface area contributed by atoms with Gasteiger partial charge in [-0.3, -0.25) is 9.36 Å². The lowest BCUT2D eigenvalue weighted by Gasteiger charge is -2.21. The molecule has 0 atom stereocenters. The molecule has 1 N–H and O–H groups in total. The van der Waals surface area contributed by atoms with Crippen LogP contribution in [-0.2, 0) is 19.9 Å². The summed E-state index contributed by atoms with van der Waals surface area (Å²) < 4.78 is 1.38. The van der Waals surface area contributed by atoms with Crippen LogP contribution in [0.5, 0.6) is 5.75 Å². The van der Waals surface area contributed by atoms with Crippen LogP contribution in [0.3, 0.4) is 0 Å². The van der Waals surface area contributed by atoms with E-state index in [-0.39, 0.29) is 11.3 Å². The Balaban J connectivity index is 2.26. The maximum atomic E-state index is 11.5. The zero-order valence-corrected chi connectivity index (χ0v) is 9.34. The van der Waals surface area contributed by atoms with Crippen molar-refractivity contribution in [2.75, 3.05) is 0 Å². The van der Waals surface area contributed by atoms with E-state index in [4.69, 9.17) is 0 Å². The smallest absolute Gasteiger partial charge is 0.272 e. The van der Waals surface area contributed by atoms with Crippen LogP contribution in [0.4, 0.5) is 0 Å². The Morgan fingerprint density at radius 3 is 2.88 bits per heavy atom. The van der Waals surface area contributed by atoms with Gasteiger partial charge in [-0.25, -0.2) is 0 Å². The Hall–Kier alpha value is -2.17. The zero-order chi connectivity index (χ0) is 12.0. The normalized spacial score (nSPS) is 13.0. The van der Waals surface area contributed by atoms with Crippen LogP contribution in [0.2, 0.25) is 0 Å². The maximum absolute atomic E-state index is 11.5. The number of benzene rings is 1. The van der Waals surface area contributed by atoms with Crippen LogP contribution in [0.25, 0.3) is 11.4 Å². The van der Waals surface area contributed by atoms with Gasteiger partial charge in [0.1, 0.15) is 11.9 Å². The first-order valence-electron chi connectivity index (χ1n) is 5.41. The van der Waals surface area contributed by atoms with Crippen LogP contribution in [-0.4, -0.2) is 19.9 Å². The molecule has 86 valence electrons. The molecule has 1 aliphatic carbocycles. The third-order valence-corrected chi connectivity index (χ3v) is 3.23. The van der Waals surface area contributed by atoms with Gasteiger partial charge in [0, 0.05) is 7.05 Å². The molecule has 2 aromatic rings. The summed E-state index contributed by atoms with van der Waals surface area (Å²) in [4.78, 5) is 11.5. The summed E-state index contributed by atoms with van der Waals surface area (Å²) in [5.41, 5.74) is 2.45. The average molecular weight is 229 g/mol. The van der Waals surface area contributed by atoms with Crippen molar-refractivity contribution in [3.05, 3.63) is 39.8 Å². The Morgan fingerprint density at radius 2 is 2.18 bits per heavy atom. The van der Waals surface area contributed by atoms with Crippen molar-refractivity contribution in [1.29, 1.82) is 0 Å². The van der Waals surface area contributed by atoms with E-state index in [2.05, 4.69) is 10.2 Å². The molecule has 1 heterocycles. The van der Waals surface area contributed by atoms with E-state index in [1.807, 2.05) is 6.07 Å². The first kappa shape index (κ1) is 10.0. The van der Waals surface area contributed by atoms with E-state index >= 15 is 0 Å². The second kappa shape index (κ2) is 3.41. The van der Waals surface area contributed by atoms with Gasteiger partial charge in [-0.1, -0.05) is 6.07 Å². The van der Waals surface area contributed by atoms with Crippen molar-refractivity contribution in [1.82, 2.24) is 14.8 Å². The predicted octanol–water partition coefficient (Wildman–Crippen LogP) is 0.646. The maximum Gasteiger partial charge on any atom is 0.272 e. The molecule has 1 aliphatic rings. The van der Waals surface area contributed by atoms with E-state index in [0.717, 1.165) is 24.6 Å². The van der Waals surface area contributed by atoms with Crippen LogP contribution in [0.15, 0.2) is 23.1 Å². The van der Waals surface area contributed by atoms with E-state index in [1.54, 1.807) is 13.1 Å². The van der Waals surface area contributed by atoms with Crippen molar-refractivity contribution in [2.45, 2.75) is 12.8 Å². The molecule has 0 saturated carbocycles. The minimum atomic E-state index is -0.239. The van der Waals surface area contributed by atoms with Crippen LogP contribution in [0.1, 0.15) is 11.1 Å². The minimum Gasteiger partial charge on any atom is -0.507 e. The van der Waals surface area contributed by atoms with Crippen molar-refractivity contribution in [2.24, 2.45) is 7.05 Å². The highest BCUT2D eigenvalue weighted by Crippen LogP contribution is 2.38. The predicted molar refractivity (Wildman–Crippen MR) is 61.8 cm³/mol. The number of aromatic nitrogens is 3. The van der Waals surface area contributed by atoms with Crippen LogP contribution in [0, 0.1) is 0 Å². The molecule has 3 rings (SSSR count). The number of aromatic hydroxyl groups is 1. The van der Waals surface area contributed by atoms with Gasteiger partial charge in [0.25, 0.3) is 5.56 Å². The van der Waals surface area contributed by atoms with Crippen molar-refractivity contribution >= 4 is 0 Å². The molecule has 0 unspecified atom stereocenters. The summed E-state index contributed by atoms with van der Waals surface area (Å²) in [6.07, 6.45) is 3.04. The van der Waals surface area contributed by atoms with Gasteiger partial charge in [-0.05, 0) is 30.0 Å². The summed E-state index contributed by atoms with van der Waals surface area (Å²) >= 11 is 0. The van der Waals surface area contributed by atoms with Gasteiger partial charge >= 0.3 is 0 Å². The molecule has 0 bridgehead atoms. The highest BCUT2D eigenvalue weighted by atomic mass is 16.3. The third kappa shape index (κ3) is 1.35. The van der Waals surface area contributed by atoms with Crippen molar-refractivity contribution in [3.8, 4) is 17.1 Å². The van der Waals surface area contributed by atoms with Gasteiger partial charge in [-0.2, -0.15) is 5.10 Å². The summed E-state index contributed by atoms with van der Waals surface area (Å²) in [5, 5.41) is 17.7. The molecule has 5 heteroatoms. The summed E-state index contributed by atoms with van der Waals surface area (Å²) in [6.45, 7) is 0. The Kier molecular flexibility index (Phi) is 2.01. The molecule has 1 aromatic heterocycles. The Labute approximate surface area is 97.4 Å². The number of hydrogen-bond donors (Lipinski definition) is 1. The molecular weight excluding hydrogens is 218 g/mol. The summed E-state index contributed by atoms with van der Waals surface area (Å²) in [5.74, 6) is 0.619. The molecule has 5 nitrogen and oxygen atoms in total. The zero-order valence-electron chi connectivity index (χ0n) is 9.34. The highest BCUT2D eigenvalue weighted by Gasteiger charge is 2.21. The van der Waals surface area contributed by atoms with Crippen molar-refractivity contribution < 1.29 is 5.11 Å². The van der Waals surface area contributed by atoms with Gasteiger partial charge in [0.05, 0.1) is 5.56 Å². The number of rotatable bonds is 1. The lowest BCUT2D eigenvalue weighted by Crippen LogP contribution is -2.20. The summed E-state index contributed by atoms with van der Waals surface area (Å²) in [6, 6.07) is 3.75. The minimum absolute atomic E-state index is 0.226. The monoisotopic (exact) mass is 229 g/mol. The van der Waals surface area contributed by atoms with Crippen LogP contribution >= 0.6 is 0 Å². The summed E-state index contributed by atoms with van der Waals surface area (Å²) in [7, 11) is 1.62.